The summed E-state index contributed by atoms with van der Waals surface area (Å²) in [6.07, 6.45) is 0. The zero-order valence-corrected chi connectivity index (χ0v) is 12.6. The van der Waals surface area contributed by atoms with Gasteiger partial charge in [0.2, 0.25) is 0 Å². The molecule has 0 radical (unpaired) electrons. The lowest BCUT2D eigenvalue weighted by atomic mass is 10.1. The molecule has 3 aromatic rings. The fourth-order valence-corrected chi connectivity index (χ4v) is 2.57. The molecule has 0 spiro atoms. The minimum atomic E-state index is -0.439. The van der Waals surface area contributed by atoms with Crippen molar-refractivity contribution < 1.29 is 9.90 Å². The van der Waals surface area contributed by atoms with Gasteiger partial charge in [0.25, 0.3) is 0 Å². The minimum Gasteiger partial charge on any atom is -0.394 e. The molecular weight excluding hydrogens is 288 g/mol. The van der Waals surface area contributed by atoms with E-state index in [1.54, 1.807) is 0 Å². The number of urea groups is 1. The Kier molecular flexibility index (Phi) is 4.54. The van der Waals surface area contributed by atoms with Gasteiger partial charge in [0.1, 0.15) is 0 Å². The van der Waals surface area contributed by atoms with Crippen LogP contribution in [0.15, 0.2) is 72.8 Å². The number of nitrogens with one attached hydrogen (secondary N) is 2. The quantitative estimate of drug-likeness (QED) is 0.688. The van der Waals surface area contributed by atoms with Crippen LogP contribution in [0.4, 0.5) is 10.5 Å². The Bertz CT molecular complexity index is 797. The van der Waals surface area contributed by atoms with Gasteiger partial charge in [-0.15, -0.1) is 0 Å². The molecular formula is C19H18N2O2. The second-order valence-electron chi connectivity index (χ2n) is 5.27. The second kappa shape index (κ2) is 6.94. The first-order valence-corrected chi connectivity index (χ1v) is 7.49. The lowest BCUT2D eigenvalue weighted by Crippen LogP contribution is -2.34. The molecule has 3 N–H and O–H groups in total. The van der Waals surface area contributed by atoms with Gasteiger partial charge in [0, 0.05) is 5.39 Å². The van der Waals surface area contributed by atoms with Crippen molar-refractivity contribution in [3.8, 4) is 0 Å². The molecule has 116 valence electrons. The number of carbonyl (C=O) groups is 1. The van der Waals surface area contributed by atoms with E-state index in [-0.39, 0.29) is 12.6 Å². The third-order valence-electron chi connectivity index (χ3n) is 3.73. The van der Waals surface area contributed by atoms with E-state index in [4.69, 9.17) is 0 Å². The van der Waals surface area contributed by atoms with Crippen molar-refractivity contribution in [2.75, 3.05) is 11.9 Å². The molecule has 0 aliphatic carbocycles. The molecule has 0 aliphatic rings. The Morgan fingerprint density at radius 3 is 2.39 bits per heavy atom. The number of amides is 2. The predicted molar refractivity (Wildman–Crippen MR) is 92.4 cm³/mol. The van der Waals surface area contributed by atoms with Crippen LogP contribution in [0.1, 0.15) is 11.6 Å². The standard InChI is InChI=1S/C19H18N2O2/c22-13-18(15-8-2-1-3-9-15)21-19(23)20-17-12-6-10-14-7-4-5-11-16(14)17/h1-12,18,22H,13H2,(H2,20,21,23)/t18-/m0/s1. The van der Waals surface area contributed by atoms with E-state index in [9.17, 15) is 9.90 Å². The first-order valence-electron chi connectivity index (χ1n) is 7.49. The number of aliphatic hydroxyl groups is 1. The van der Waals surface area contributed by atoms with Crippen molar-refractivity contribution >= 4 is 22.5 Å². The summed E-state index contributed by atoms with van der Waals surface area (Å²) >= 11 is 0. The summed E-state index contributed by atoms with van der Waals surface area (Å²) < 4.78 is 0. The summed E-state index contributed by atoms with van der Waals surface area (Å²) in [7, 11) is 0. The van der Waals surface area contributed by atoms with Crippen molar-refractivity contribution in [2.24, 2.45) is 0 Å². The molecule has 1 atom stereocenters. The van der Waals surface area contributed by atoms with E-state index in [1.165, 1.54) is 0 Å². The molecule has 4 heteroatoms. The smallest absolute Gasteiger partial charge is 0.319 e. The van der Waals surface area contributed by atoms with E-state index in [0.29, 0.717) is 0 Å². The van der Waals surface area contributed by atoms with Gasteiger partial charge in [-0.1, -0.05) is 66.7 Å². The highest BCUT2D eigenvalue weighted by Gasteiger charge is 2.13. The third kappa shape index (κ3) is 3.49. The van der Waals surface area contributed by atoms with Crippen molar-refractivity contribution in [2.45, 2.75) is 6.04 Å². The maximum Gasteiger partial charge on any atom is 0.319 e. The van der Waals surface area contributed by atoms with Crippen LogP contribution in [0.5, 0.6) is 0 Å². The number of rotatable bonds is 4. The van der Waals surface area contributed by atoms with Crippen molar-refractivity contribution in [1.82, 2.24) is 5.32 Å². The number of hydrogen-bond acceptors (Lipinski definition) is 2. The van der Waals surface area contributed by atoms with Gasteiger partial charge in [-0.2, -0.15) is 0 Å². The first-order chi connectivity index (χ1) is 11.3. The summed E-state index contributed by atoms with van der Waals surface area (Å²) in [6.45, 7) is -0.160. The fourth-order valence-electron chi connectivity index (χ4n) is 2.57. The van der Waals surface area contributed by atoms with Gasteiger partial charge >= 0.3 is 6.03 Å². The van der Waals surface area contributed by atoms with Crippen molar-refractivity contribution in [1.29, 1.82) is 0 Å². The largest absolute Gasteiger partial charge is 0.394 e. The topological polar surface area (TPSA) is 61.4 Å². The van der Waals surface area contributed by atoms with E-state index in [1.807, 2.05) is 72.8 Å². The number of benzene rings is 3. The highest BCUT2D eigenvalue weighted by atomic mass is 16.3. The van der Waals surface area contributed by atoms with Gasteiger partial charge in [-0.25, -0.2) is 4.79 Å². The number of fused-ring (bicyclic) bond motifs is 1. The molecule has 0 saturated carbocycles. The lowest BCUT2D eigenvalue weighted by molar-refractivity contribution is 0.225. The van der Waals surface area contributed by atoms with Gasteiger partial charge < -0.3 is 15.7 Å². The van der Waals surface area contributed by atoms with Gasteiger partial charge in [-0.3, -0.25) is 0 Å². The number of aliphatic hydroxyl groups excluding tert-OH is 1. The van der Waals surface area contributed by atoms with Gasteiger partial charge in [0.05, 0.1) is 18.3 Å². The molecule has 0 saturated heterocycles. The summed E-state index contributed by atoms with van der Waals surface area (Å²) in [5.74, 6) is 0. The zero-order chi connectivity index (χ0) is 16.1. The van der Waals surface area contributed by atoms with Crippen molar-refractivity contribution in [3.05, 3.63) is 78.4 Å². The van der Waals surface area contributed by atoms with Gasteiger partial charge in [0.15, 0.2) is 0 Å². The molecule has 0 aliphatic heterocycles. The lowest BCUT2D eigenvalue weighted by Gasteiger charge is -2.17. The van der Waals surface area contributed by atoms with Crippen LogP contribution in [-0.4, -0.2) is 17.7 Å². The van der Waals surface area contributed by atoms with Crippen LogP contribution in [-0.2, 0) is 0 Å². The Morgan fingerprint density at radius 2 is 1.61 bits per heavy atom. The Hall–Kier alpha value is -2.85. The van der Waals surface area contributed by atoms with E-state index in [2.05, 4.69) is 10.6 Å². The van der Waals surface area contributed by atoms with Crippen LogP contribution in [0.2, 0.25) is 0 Å². The summed E-state index contributed by atoms with van der Waals surface area (Å²) in [4.78, 5) is 12.3. The van der Waals surface area contributed by atoms with E-state index in [0.717, 1.165) is 22.0 Å². The fraction of sp³-hybridized carbons (Fsp3) is 0.105. The molecule has 0 unspecified atom stereocenters. The average Bonchev–Trinajstić information content (AvgIpc) is 2.61. The number of carbonyl (C=O) groups excluding carboxylic acids is 1. The average molecular weight is 306 g/mol. The molecule has 3 rings (SSSR count). The van der Waals surface area contributed by atoms with E-state index >= 15 is 0 Å². The van der Waals surface area contributed by atoms with Crippen molar-refractivity contribution in [3.63, 3.8) is 0 Å². The Balaban J connectivity index is 1.76. The molecule has 0 heterocycles. The maximum atomic E-state index is 12.3. The predicted octanol–water partition coefficient (Wildman–Crippen LogP) is 3.69. The molecule has 2 amide bonds. The monoisotopic (exact) mass is 306 g/mol. The SMILES string of the molecule is O=C(Nc1cccc2ccccc12)N[C@@H](CO)c1ccccc1. The molecule has 4 nitrogen and oxygen atoms in total. The Labute approximate surface area is 134 Å². The second-order valence-corrected chi connectivity index (χ2v) is 5.27. The molecule has 23 heavy (non-hydrogen) atoms. The maximum absolute atomic E-state index is 12.3. The molecule has 0 aromatic heterocycles. The summed E-state index contributed by atoms with van der Waals surface area (Å²) in [5.41, 5.74) is 1.61. The van der Waals surface area contributed by atoms with Crippen LogP contribution in [0.25, 0.3) is 10.8 Å². The minimum absolute atomic E-state index is 0.160. The normalized spacial score (nSPS) is 11.9. The van der Waals surface area contributed by atoms with Crippen LogP contribution in [0, 0.1) is 0 Å². The van der Waals surface area contributed by atoms with Crippen LogP contribution in [0.3, 0.4) is 0 Å². The van der Waals surface area contributed by atoms with Crippen LogP contribution >= 0.6 is 0 Å². The summed E-state index contributed by atoms with van der Waals surface area (Å²) in [5, 5.41) is 17.2. The highest BCUT2D eigenvalue weighted by molar-refractivity contribution is 6.01. The Morgan fingerprint density at radius 1 is 0.913 bits per heavy atom. The number of anilines is 1. The molecule has 0 bridgehead atoms. The zero-order valence-electron chi connectivity index (χ0n) is 12.6. The molecule has 3 aromatic carbocycles. The van der Waals surface area contributed by atoms with Crippen LogP contribution < -0.4 is 10.6 Å². The first kappa shape index (κ1) is 15.1. The highest BCUT2D eigenvalue weighted by Crippen LogP contribution is 2.23. The summed E-state index contributed by atoms with van der Waals surface area (Å²) in [6, 6.07) is 22.2. The van der Waals surface area contributed by atoms with Gasteiger partial charge in [-0.05, 0) is 17.0 Å². The molecule has 0 fully saturated rings. The number of hydrogen-bond donors (Lipinski definition) is 3. The third-order valence-corrected chi connectivity index (χ3v) is 3.73. The van der Waals surface area contributed by atoms with E-state index < -0.39 is 6.04 Å².